The molecule has 0 saturated heterocycles. The van der Waals surface area contributed by atoms with E-state index in [0.29, 0.717) is 11.1 Å². The fourth-order valence-electron chi connectivity index (χ4n) is 1.46. The molecule has 0 aliphatic rings. The molecule has 1 amide bonds. The fourth-order valence-corrected chi connectivity index (χ4v) is 1.46. The van der Waals surface area contributed by atoms with Gasteiger partial charge in [-0.2, -0.15) is 0 Å². The van der Waals surface area contributed by atoms with E-state index >= 15 is 0 Å². The first-order valence-corrected chi connectivity index (χ1v) is 5.29. The normalized spacial score (nSPS) is 11.1. The van der Waals surface area contributed by atoms with Gasteiger partial charge in [-0.3, -0.25) is 4.79 Å². The van der Waals surface area contributed by atoms with Gasteiger partial charge in [0.1, 0.15) is 0 Å². The summed E-state index contributed by atoms with van der Waals surface area (Å²) in [6, 6.07) is 2.86. The fraction of sp³-hybridized carbons (Fsp3) is 0.214. The summed E-state index contributed by atoms with van der Waals surface area (Å²) < 4.78 is 26.0. The number of hydrogen-bond donors (Lipinski definition) is 1. The number of rotatable bonds is 3. The minimum absolute atomic E-state index is 0.424. The second kappa shape index (κ2) is 5.97. The Labute approximate surface area is 105 Å². The van der Waals surface area contributed by atoms with Crippen LogP contribution in [0.1, 0.15) is 25.5 Å². The van der Waals surface area contributed by atoms with Crippen LogP contribution in [0.15, 0.2) is 30.4 Å². The lowest BCUT2D eigenvalue weighted by molar-refractivity contribution is -0.116. The Morgan fingerprint density at radius 3 is 2.56 bits per heavy atom. The summed E-state index contributed by atoms with van der Waals surface area (Å²) in [7, 11) is 0. The van der Waals surface area contributed by atoms with Crippen LogP contribution in [-0.4, -0.2) is 5.91 Å². The van der Waals surface area contributed by atoms with E-state index in [1.807, 2.05) is 0 Å². The number of benzene rings is 1. The van der Waals surface area contributed by atoms with E-state index in [-0.39, 0.29) is 0 Å². The quantitative estimate of drug-likeness (QED) is 0.647. The van der Waals surface area contributed by atoms with Crippen molar-refractivity contribution in [2.45, 2.75) is 19.9 Å². The molecule has 0 radical (unpaired) electrons. The number of nitrogens with one attached hydrogen (secondary N) is 1. The summed E-state index contributed by atoms with van der Waals surface area (Å²) in [5.74, 6) is 2.39. The summed E-state index contributed by atoms with van der Waals surface area (Å²) in [6.07, 6.45) is 0. The SMILES string of the molecule is C=C(C)C(NC(=O)C#CC)c1ccc(F)c(F)c1. The second-order valence-corrected chi connectivity index (χ2v) is 3.80. The molecule has 18 heavy (non-hydrogen) atoms. The zero-order chi connectivity index (χ0) is 13.7. The maximum Gasteiger partial charge on any atom is 0.296 e. The molecule has 1 unspecified atom stereocenters. The van der Waals surface area contributed by atoms with Crippen LogP contribution in [0, 0.1) is 23.5 Å². The largest absolute Gasteiger partial charge is 0.335 e. The molecule has 1 aromatic rings. The van der Waals surface area contributed by atoms with Crippen molar-refractivity contribution in [2.24, 2.45) is 0 Å². The van der Waals surface area contributed by atoms with Gasteiger partial charge in [-0.25, -0.2) is 8.78 Å². The van der Waals surface area contributed by atoms with Crippen LogP contribution in [0.2, 0.25) is 0 Å². The van der Waals surface area contributed by atoms with Gasteiger partial charge < -0.3 is 5.32 Å². The predicted octanol–water partition coefficient (Wildman–Crippen LogP) is 2.72. The van der Waals surface area contributed by atoms with Crippen molar-refractivity contribution in [3.63, 3.8) is 0 Å². The molecule has 2 nitrogen and oxygen atoms in total. The Bertz CT molecular complexity index is 540. The molecule has 0 saturated carbocycles. The Morgan fingerprint density at radius 1 is 1.39 bits per heavy atom. The number of amides is 1. The first-order valence-electron chi connectivity index (χ1n) is 5.29. The third-order valence-electron chi connectivity index (χ3n) is 2.28. The molecular formula is C14H13F2NO. The van der Waals surface area contributed by atoms with E-state index in [9.17, 15) is 13.6 Å². The van der Waals surface area contributed by atoms with Crippen molar-refractivity contribution in [1.29, 1.82) is 0 Å². The van der Waals surface area contributed by atoms with Crippen LogP contribution in [0.25, 0.3) is 0 Å². The van der Waals surface area contributed by atoms with Gasteiger partial charge in [0.05, 0.1) is 6.04 Å². The van der Waals surface area contributed by atoms with E-state index in [1.54, 1.807) is 6.92 Å². The lowest BCUT2D eigenvalue weighted by Crippen LogP contribution is -2.28. The van der Waals surface area contributed by atoms with Crippen molar-refractivity contribution in [3.05, 3.63) is 47.5 Å². The lowest BCUT2D eigenvalue weighted by atomic mass is 10.0. The van der Waals surface area contributed by atoms with E-state index in [1.165, 1.54) is 13.0 Å². The highest BCUT2D eigenvalue weighted by Crippen LogP contribution is 2.21. The van der Waals surface area contributed by atoms with Crippen molar-refractivity contribution >= 4 is 5.91 Å². The molecule has 0 bridgehead atoms. The predicted molar refractivity (Wildman–Crippen MR) is 65.5 cm³/mol. The molecule has 0 spiro atoms. The highest BCUT2D eigenvalue weighted by Gasteiger charge is 2.16. The van der Waals surface area contributed by atoms with E-state index in [2.05, 4.69) is 23.7 Å². The minimum Gasteiger partial charge on any atom is -0.335 e. The number of carbonyl (C=O) groups is 1. The van der Waals surface area contributed by atoms with Gasteiger partial charge in [-0.1, -0.05) is 24.1 Å². The smallest absolute Gasteiger partial charge is 0.296 e. The van der Waals surface area contributed by atoms with Crippen LogP contribution in [0.4, 0.5) is 8.78 Å². The van der Waals surface area contributed by atoms with Gasteiger partial charge in [-0.05, 0) is 37.5 Å². The van der Waals surface area contributed by atoms with Gasteiger partial charge >= 0.3 is 0 Å². The molecule has 1 aromatic carbocycles. The van der Waals surface area contributed by atoms with Crippen LogP contribution in [0.3, 0.4) is 0 Å². The number of carbonyl (C=O) groups excluding carboxylic acids is 1. The van der Waals surface area contributed by atoms with Crippen LogP contribution in [0.5, 0.6) is 0 Å². The van der Waals surface area contributed by atoms with Gasteiger partial charge in [0.2, 0.25) is 0 Å². The van der Waals surface area contributed by atoms with Crippen LogP contribution in [-0.2, 0) is 4.79 Å². The van der Waals surface area contributed by atoms with Crippen molar-refractivity contribution < 1.29 is 13.6 Å². The molecule has 1 rings (SSSR count). The third kappa shape index (κ3) is 3.42. The van der Waals surface area contributed by atoms with Crippen molar-refractivity contribution in [2.75, 3.05) is 0 Å². The first kappa shape index (κ1) is 13.9. The van der Waals surface area contributed by atoms with E-state index in [4.69, 9.17) is 0 Å². The molecule has 1 atom stereocenters. The van der Waals surface area contributed by atoms with Gasteiger partial charge in [-0.15, -0.1) is 0 Å². The summed E-state index contributed by atoms with van der Waals surface area (Å²) in [5, 5.41) is 2.58. The molecule has 0 aliphatic heterocycles. The molecule has 94 valence electrons. The second-order valence-electron chi connectivity index (χ2n) is 3.80. The zero-order valence-corrected chi connectivity index (χ0v) is 10.2. The minimum atomic E-state index is -0.963. The standard InChI is InChI=1S/C14H13F2NO/c1-4-5-13(18)17-14(9(2)3)10-6-7-11(15)12(16)8-10/h6-8,14H,2H2,1,3H3,(H,17,18). The maximum atomic E-state index is 13.1. The van der Waals surface area contributed by atoms with Crippen LogP contribution < -0.4 is 5.32 Å². The summed E-state index contributed by atoms with van der Waals surface area (Å²) in [5.41, 5.74) is 1.03. The Balaban J connectivity index is 3.03. The molecular weight excluding hydrogens is 236 g/mol. The Kier molecular flexibility index (Phi) is 4.61. The van der Waals surface area contributed by atoms with Crippen molar-refractivity contribution in [3.8, 4) is 11.8 Å². The highest BCUT2D eigenvalue weighted by atomic mass is 19.2. The third-order valence-corrected chi connectivity index (χ3v) is 2.28. The van der Waals surface area contributed by atoms with Gasteiger partial charge in [0, 0.05) is 0 Å². The lowest BCUT2D eigenvalue weighted by Gasteiger charge is -2.18. The highest BCUT2D eigenvalue weighted by molar-refractivity contribution is 5.93. The molecule has 4 heteroatoms. The van der Waals surface area contributed by atoms with E-state index in [0.717, 1.165) is 12.1 Å². The average Bonchev–Trinajstić information content (AvgIpc) is 2.30. The average molecular weight is 249 g/mol. The number of hydrogen-bond acceptors (Lipinski definition) is 1. The molecule has 1 N–H and O–H groups in total. The summed E-state index contributed by atoms with van der Waals surface area (Å²) in [6.45, 7) is 6.94. The monoisotopic (exact) mass is 249 g/mol. The summed E-state index contributed by atoms with van der Waals surface area (Å²) >= 11 is 0. The number of halogens is 2. The Morgan fingerprint density at radius 2 is 2.06 bits per heavy atom. The molecule has 0 fully saturated rings. The zero-order valence-electron chi connectivity index (χ0n) is 10.2. The Hall–Kier alpha value is -2.15. The molecule has 0 aliphatic carbocycles. The van der Waals surface area contributed by atoms with Crippen LogP contribution >= 0.6 is 0 Å². The first-order chi connectivity index (χ1) is 8.45. The van der Waals surface area contributed by atoms with E-state index < -0.39 is 23.6 Å². The van der Waals surface area contributed by atoms with Crippen molar-refractivity contribution in [1.82, 2.24) is 5.32 Å². The molecule has 0 heterocycles. The topological polar surface area (TPSA) is 29.1 Å². The van der Waals surface area contributed by atoms with Gasteiger partial charge in [0.15, 0.2) is 11.6 Å². The van der Waals surface area contributed by atoms with Gasteiger partial charge in [0.25, 0.3) is 5.91 Å². The molecule has 0 aromatic heterocycles. The summed E-state index contributed by atoms with van der Waals surface area (Å²) in [4.78, 5) is 11.4. The maximum absolute atomic E-state index is 13.1.